The van der Waals surface area contributed by atoms with E-state index in [0.717, 1.165) is 11.3 Å². The first-order chi connectivity index (χ1) is 5.61. The van der Waals surface area contributed by atoms with Crippen LogP contribution in [0.15, 0.2) is 11.4 Å². The molecule has 0 unspecified atom stereocenters. The quantitative estimate of drug-likeness (QED) is 0.708. The third kappa shape index (κ3) is 1.82. The second-order valence-electron chi connectivity index (χ2n) is 2.02. The van der Waals surface area contributed by atoms with Crippen molar-refractivity contribution >= 4 is 23.3 Å². The molecular formula is C7H6O4S. The standard InChI is InChI=1S/C7H6O4S/c1-4(8)11-7-5(6(9)10)2-3-12-7/h2-3H,1H3,(H,9,10). The molecule has 0 radical (unpaired) electrons. The Morgan fingerprint density at radius 2 is 2.25 bits per heavy atom. The van der Waals surface area contributed by atoms with E-state index in [0.29, 0.717) is 0 Å². The van der Waals surface area contributed by atoms with Crippen molar-refractivity contribution in [3.63, 3.8) is 0 Å². The molecule has 0 spiro atoms. The molecule has 12 heavy (non-hydrogen) atoms. The number of hydrogen-bond donors (Lipinski definition) is 1. The fourth-order valence-electron chi connectivity index (χ4n) is 0.664. The van der Waals surface area contributed by atoms with Crippen LogP contribution < -0.4 is 4.74 Å². The van der Waals surface area contributed by atoms with Crippen molar-refractivity contribution in [1.29, 1.82) is 0 Å². The highest BCUT2D eigenvalue weighted by molar-refractivity contribution is 7.12. The fraction of sp³-hybridized carbons (Fsp3) is 0.143. The third-order valence-corrected chi connectivity index (χ3v) is 1.89. The van der Waals surface area contributed by atoms with E-state index in [9.17, 15) is 9.59 Å². The van der Waals surface area contributed by atoms with Gasteiger partial charge in [0.15, 0.2) is 5.06 Å². The lowest BCUT2D eigenvalue weighted by Crippen LogP contribution is -2.04. The summed E-state index contributed by atoms with van der Waals surface area (Å²) in [5.41, 5.74) is 0.0233. The normalized spacial score (nSPS) is 9.42. The molecule has 0 saturated heterocycles. The smallest absolute Gasteiger partial charge is 0.340 e. The second-order valence-corrected chi connectivity index (χ2v) is 2.90. The van der Waals surface area contributed by atoms with Gasteiger partial charge < -0.3 is 9.84 Å². The lowest BCUT2D eigenvalue weighted by atomic mass is 10.3. The molecule has 0 amide bonds. The van der Waals surface area contributed by atoms with Crippen LogP contribution in [-0.2, 0) is 4.79 Å². The van der Waals surface area contributed by atoms with Crippen LogP contribution in [0.3, 0.4) is 0 Å². The zero-order chi connectivity index (χ0) is 9.14. The molecule has 1 N–H and O–H groups in total. The molecule has 0 saturated carbocycles. The maximum absolute atomic E-state index is 10.5. The lowest BCUT2D eigenvalue weighted by Gasteiger charge is -1.97. The average Bonchev–Trinajstić information content (AvgIpc) is 2.33. The van der Waals surface area contributed by atoms with Gasteiger partial charge in [-0.15, -0.1) is 11.3 Å². The summed E-state index contributed by atoms with van der Waals surface area (Å²) in [5.74, 6) is -1.60. The van der Waals surface area contributed by atoms with E-state index >= 15 is 0 Å². The minimum absolute atomic E-state index is 0.0233. The highest BCUT2D eigenvalue weighted by Crippen LogP contribution is 2.25. The van der Waals surface area contributed by atoms with Crippen LogP contribution in [0.4, 0.5) is 0 Å². The summed E-state index contributed by atoms with van der Waals surface area (Å²) in [7, 11) is 0. The number of carbonyl (C=O) groups is 2. The monoisotopic (exact) mass is 186 g/mol. The molecular weight excluding hydrogens is 180 g/mol. The van der Waals surface area contributed by atoms with Crippen molar-refractivity contribution in [2.45, 2.75) is 6.92 Å². The van der Waals surface area contributed by atoms with Crippen LogP contribution >= 0.6 is 11.3 Å². The second kappa shape index (κ2) is 3.36. The molecule has 0 aliphatic carbocycles. The van der Waals surface area contributed by atoms with E-state index in [1.165, 1.54) is 13.0 Å². The van der Waals surface area contributed by atoms with E-state index < -0.39 is 11.9 Å². The first kappa shape index (κ1) is 8.73. The molecule has 1 heterocycles. The maximum Gasteiger partial charge on any atom is 0.340 e. The maximum atomic E-state index is 10.5. The van der Waals surface area contributed by atoms with E-state index in [1.54, 1.807) is 5.38 Å². The molecule has 0 fully saturated rings. The van der Waals surface area contributed by atoms with Gasteiger partial charge in [0, 0.05) is 6.92 Å². The van der Waals surface area contributed by atoms with Gasteiger partial charge in [0.1, 0.15) is 5.56 Å². The van der Waals surface area contributed by atoms with Crippen LogP contribution in [0, 0.1) is 0 Å². The van der Waals surface area contributed by atoms with Gasteiger partial charge in [0.25, 0.3) is 0 Å². The summed E-state index contributed by atoms with van der Waals surface area (Å²) in [5, 5.41) is 10.3. The summed E-state index contributed by atoms with van der Waals surface area (Å²) < 4.78 is 4.65. The Balaban J connectivity index is 2.91. The van der Waals surface area contributed by atoms with Gasteiger partial charge >= 0.3 is 11.9 Å². The van der Waals surface area contributed by atoms with Gasteiger partial charge in [-0.1, -0.05) is 0 Å². The predicted octanol–water partition coefficient (Wildman–Crippen LogP) is 1.37. The Labute approximate surface area is 72.4 Å². The van der Waals surface area contributed by atoms with Crippen LogP contribution in [0.5, 0.6) is 5.06 Å². The highest BCUT2D eigenvalue weighted by Gasteiger charge is 2.13. The Morgan fingerprint density at radius 3 is 2.75 bits per heavy atom. The Hall–Kier alpha value is -1.36. The molecule has 0 atom stereocenters. The summed E-state index contributed by atoms with van der Waals surface area (Å²) in [6.45, 7) is 1.23. The summed E-state index contributed by atoms with van der Waals surface area (Å²) >= 11 is 1.08. The number of aromatic carboxylic acids is 1. The van der Waals surface area contributed by atoms with Gasteiger partial charge in [-0.2, -0.15) is 0 Å². The average molecular weight is 186 g/mol. The lowest BCUT2D eigenvalue weighted by molar-refractivity contribution is -0.131. The van der Waals surface area contributed by atoms with Gasteiger partial charge in [0.2, 0.25) is 0 Å². The molecule has 0 bridgehead atoms. The summed E-state index contributed by atoms with van der Waals surface area (Å²) in [6, 6.07) is 1.39. The zero-order valence-corrected chi connectivity index (χ0v) is 7.05. The van der Waals surface area contributed by atoms with Crippen molar-refractivity contribution < 1.29 is 19.4 Å². The number of ether oxygens (including phenoxy) is 1. The Morgan fingerprint density at radius 1 is 1.58 bits per heavy atom. The molecule has 1 aromatic rings. The number of carboxylic acid groups (broad SMARTS) is 1. The van der Waals surface area contributed by atoms with E-state index in [-0.39, 0.29) is 10.6 Å². The molecule has 64 valence electrons. The van der Waals surface area contributed by atoms with E-state index in [2.05, 4.69) is 4.74 Å². The molecule has 1 aromatic heterocycles. The Bertz CT molecular complexity index is 315. The van der Waals surface area contributed by atoms with Gasteiger partial charge in [-0.3, -0.25) is 4.79 Å². The number of esters is 1. The van der Waals surface area contributed by atoms with Crippen LogP contribution in [0.1, 0.15) is 17.3 Å². The van der Waals surface area contributed by atoms with Crippen molar-refractivity contribution in [2.75, 3.05) is 0 Å². The summed E-state index contributed by atoms with van der Waals surface area (Å²) in [4.78, 5) is 21.0. The topological polar surface area (TPSA) is 63.6 Å². The minimum Gasteiger partial charge on any atom is -0.478 e. The van der Waals surface area contributed by atoms with Crippen molar-refractivity contribution in [3.05, 3.63) is 17.0 Å². The predicted molar refractivity (Wildman–Crippen MR) is 42.6 cm³/mol. The number of hydrogen-bond acceptors (Lipinski definition) is 4. The minimum atomic E-state index is -1.09. The fourth-order valence-corrected chi connectivity index (χ4v) is 1.44. The largest absolute Gasteiger partial charge is 0.478 e. The van der Waals surface area contributed by atoms with Gasteiger partial charge in [-0.05, 0) is 11.4 Å². The molecule has 4 nitrogen and oxygen atoms in total. The molecule has 0 aliphatic heterocycles. The first-order valence-electron chi connectivity index (χ1n) is 3.10. The first-order valence-corrected chi connectivity index (χ1v) is 3.98. The zero-order valence-electron chi connectivity index (χ0n) is 6.23. The van der Waals surface area contributed by atoms with E-state index in [1.807, 2.05) is 0 Å². The van der Waals surface area contributed by atoms with Gasteiger partial charge in [-0.25, -0.2) is 4.79 Å². The molecule has 1 rings (SSSR count). The number of rotatable bonds is 2. The van der Waals surface area contributed by atoms with Crippen molar-refractivity contribution in [1.82, 2.24) is 0 Å². The van der Waals surface area contributed by atoms with E-state index in [4.69, 9.17) is 5.11 Å². The van der Waals surface area contributed by atoms with Gasteiger partial charge in [0.05, 0.1) is 0 Å². The van der Waals surface area contributed by atoms with Crippen LogP contribution in [-0.4, -0.2) is 17.0 Å². The third-order valence-electron chi connectivity index (χ3n) is 1.10. The summed E-state index contributed by atoms with van der Waals surface area (Å²) in [6.07, 6.45) is 0. The molecule has 0 aromatic carbocycles. The Kier molecular flexibility index (Phi) is 2.44. The number of carbonyl (C=O) groups excluding carboxylic acids is 1. The molecule has 5 heteroatoms. The van der Waals surface area contributed by atoms with Crippen LogP contribution in [0.2, 0.25) is 0 Å². The molecule has 0 aliphatic rings. The highest BCUT2D eigenvalue weighted by atomic mass is 32.1. The van der Waals surface area contributed by atoms with Crippen LogP contribution in [0.25, 0.3) is 0 Å². The van der Waals surface area contributed by atoms with Crippen molar-refractivity contribution in [2.24, 2.45) is 0 Å². The van der Waals surface area contributed by atoms with Crippen molar-refractivity contribution in [3.8, 4) is 5.06 Å². The number of thiophene rings is 1. The number of carboxylic acids is 1. The SMILES string of the molecule is CC(=O)Oc1sccc1C(=O)O.